The number of carbonyl (C=O) groups excluding carboxylic acids is 2. The molecule has 0 saturated carbocycles. The van der Waals surface area contributed by atoms with E-state index in [-0.39, 0.29) is 13.1 Å². The molecule has 0 saturated heterocycles. The summed E-state index contributed by atoms with van der Waals surface area (Å²) in [6.07, 6.45) is 4.61. The summed E-state index contributed by atoms with van der Waals surface area (Å²) in [6.45, 7) is 1.76. The predicted octanol–water partition coefficient (Wildman–Crippen LogP) is 3.45. The molecule has 12 heteroatoms. The number of aliphatic hydroxyl groups excluding tert-OH is 1. The van der Waals surface area contributed by atoms with Crippen LogP contribution in [0.5, 0.6) is 11.5 Å². The number of aromatic nitrogens is 1. The van der Waals surface area contributed by atoms with Crippen LogP contribution in [-0.4, -0.2) is 55.4 Å². The number of aliphatic hydroxyl groups is 1. The van der Waals surface area contributed by atoms with Crippen molar-refractivity contribution in [3.05, 3.63) is 95.5 Å². The lowest BCUT2D eigenvalue weighted by Gasteiger charge is -2.42. The Morgan fingerprint density at radius 2 is 1.74 bits per heavy atom. The Kier molecular flexibility index (Phi) is 9.31. The van der Waals surface area contributed by atoms with Gasteiger partial charge in [-0.05, 0) is 54.1 Å². The summed E-state index contributed by atoms with van der Waals surface area (Å²) in [5, 5.41) is 15.1. The Hall–Kier alpha value is -3.77. The van der Waals surface area contributed by atoms with Crippen LogP contribution in [0.2, 0.25) is 5.02 Å². The maximum atomic E-state index is 13.1. The second-order valence-corrected chi connectivity index (χ2v) is 10.4. The Morgan fingerprint density at radius 3 is 2.38 bits per heavy atom. The number of hydrogen-bond acceptors (Lipinski definition) is 8. The third kappa shape index (κ3) is 7.64. The first-order chi connectivity index (χ1) is 18.7. The first kappa shape index (κ1) is 28.2. The molecule has 10 nitrogen and oxygen atoms in total. The molecular formula is C27H28ClN5O5S. The van der Waals surface area contributed by atoms with Gasteiger partial charge in [0.05, 0.1) is 17.3 Å². The van der Waals surface area contributed by atoms with Gasteiger partial charge in [0.15, 0.2) is 0 Å². The second-order valence-electron chi connectivity index (χ2n) is 8.88. The van der Waals surface area contributed by atoms with Crippen LogP contribution >= 0.6 is 11.6 Å². The fourth-order valence-corrected chi connectivity index (χ4v) is 4.46. The smallest absolute Gasteiger partial charge is 0.265 e. The molecule has 2 amide bonds. The summed E-state index contributed by atoms with van der Waals surface area (Å²) in [4.78, 5) is 32.1. The highest BCUT2D eigenvalue weighted by molar-refractivity contribution is 7.89. The van der Waals surface area contributed by atoms with Gasteiger partial charge in [-0.3, -0.25) is 19.5 Å². The van der Waals surface area contributed by atoms with Crippen LogP contribution in [0.4, 0.5) is 5.69 Å². The first-order valence-electron chi connectivity index (χ1n) is 12.0. The normalized spacial score (nSPS) is 16.8. The predicted molar refractivity (Wildman–Crippen MR) is 149 cm³/mol. The third-order valence-electron chi connectivity index (χ3n) is 5.85. The summed E-state index contributed by atoms with van der Waals surface area (Å²) >= 11 is 4.50. The van der Waals surface area contributed by atoms with Crippen molar-refractivity contribution in [1.82, 2.24) is 19.5 Å². The first-order valence-corrected chi connectivity index (χ1v) is 13.9. The van der Waals surface area contributed by atoms with Crippen molar-refractivity contribution >= 4 is 40.5 Å². The van der Waals surface area contributed by atoms with Gasteiger partial charge in [0.2, 0.25) is 6.35 Å². The molecule has 0 bridgehead atoms. The minimum absolute atomic E-state index is 0.0784. The highest BCUT2D eigenvalue weighted by atomic mass is 35.5. The van der Waals surface area contributed by atoms with E-state index in [0.29, 0.717) is 28.0 Å². The lowest BCUT2D eigenvalue weighted by molar-refractivity contribution is -0.158. The van der Waals surface area contributed by atoms with Gasteiger partial charge < -0.3 is 24.6 Å². The molecule has 39 heavy (non-hydrogen) atoms. The monoisotopic (exact) mass is 569 g/mol. The number of nitrogens with zero attached hydrogens (tertiary/aromatic N) is 3. The summed E-state index contributed by atoms with van der Waals surface area (Å²) in [6, 6.07) is 17.8. The minimum atomic E-state index is -1.54. The fourth-order valence-electron chi connectivity index (χ4n) is 3.85. The van der Waals surface area contributed by atoms with Gasteiger partial charge in [0.1, 0.15) is 23.6 Å². The number of anilines is 1. The third-order valence-corrected chi connectivity index (χ3v) is 6.59. The van der Waals surface area contributed by atoms with E-state index in [2.05, 4.69) is 15.0 Å². The van der Waals surface area contributed by atoms with Gasteiger partial charge in [-0.25, -0.2) is 0 Å². The average molecular weight is 570 g/mol. The van der Waals surface area contributed by atoms with Crippen molar-refractivity contribution in [3.8, 4) is 11.5 Å². The highest BCUT2D eigenvalue weighted by Gasteiger charge is 2.35. The number of halogens is 1. The molecule has 2 aromatic carbocycles. The van der Waals surface area contributed by atoms with E-state index in [1.165, 1.54) is 17.2 Å². The maximum Gasteiger partial charge on any atom is 0.265 e. The van der Waals surface area contributed by atoms with Gasteiger partial charge in [0, 0.05) is 42.3 Å². The second kappa shape index (κ2) is 12.9. The van der Waals surface area contributed by atoms with Crippen LogP contribution in [0.15, 0.2) is 85.0 Å². The maximum absolute atomic E-state index is 13.1. The number of pyridine rings is 1. The van der Waals surface area contributed by atoms with E-state index >= 15 is 0 Å². The number of carbonyl (C=O) groups is 2. The lowest BCUT2D eigenvalue weighted by atomic mass is 10.1. The number of rotatable bonds is 10. The zero-order valence-corrected chi connectivity index (χ0v) is 22.9. The molecule has 2 heterocycles. The number of benzene rings is 2. The van der Waals surface area contributed by atoms with E-state index in [1.54, 1.807) is 72.7 Å². The average Bonchev–Trinajstić information content (AvgIpc) is 2.91. The van der Waals surface area contributed by atoms with E-state index in [4.69, 9.17) is 16.3 Å². The van der Waals surface area contributed by atoms with E-state index in [9.17, 15) is 19.2 Å². The van der Waals surface area contributed by atoms with Crippen molar-refractivity contribution in [1.29, 1.82) is 0 Å². The highest BCUT2D eigenvalue weighted by Crippen LogP contribution is 2.27. The van der Waals surface area contributed by atoms with Gasteiger partial charge in [-0.1, -0.05) is 30.7 Å². The van der Waals surface area contributed by atoms with Gasteiger partial charge in [-0.15, -0.1) is 0 Å². The largest absolute Gasteiger partial charge is 0.593 e. The van der Waals surface area contributed by atoms with Crippen LogP contribution < -0.4 is 14.8 Å². The van der Waals surface area contributed by atoms with Gasteiger partial charge in [0.25, 0.3) is 11.8 Å². The Bertz CT molecular complexity index is 1310. The summed E-state index contributed by atoms with van der Waals surface area (Å²) in [5.74, 6) is -0.0370. The molecule has 3 aromatic rings. The van der Waals surface area contributed by atoms with Gasteiger partial charge >= 0.3 is 0 Å². The van der Waals surface area contributed by atoms with Crippen molar-refractivity contribution in [2.24, 2.45) is 5.92 Å². The zero-order valence-electron chi connectivity index (χ0n) is 21.3. The molecule has 3 N–H and O–H groups in total. The molecule has 0 aliphatic carbocycles. The van der Waals surface area contributed by atoms with Crippen molar-refractivity contribution in [2.75, 3.05) is 18.1 Å². The van der Waals surface area contributed by atoms with Crippen LogP contribution in [-0.2, 0) is 27.5 Å². The molecule has 3 atom stereocenters. The molecule has 4 rings (SSSR count). The molecule has 204 valence electrons. The molecule has 0 radical (unpaired) electrons. The van der Waals surface area contributed by atoms with Gasteiger partial charge in [-0.2, -0.15) is 4.72 Å². The Labute approximate surface area is 234 Å². The van der Waals surface area contributed by atoms with Crippen molar-refractivity contribution in [3.63, 3.8) is 0 Å². The standard InChI is InChI=1S/C27H28ClN5O5S/c1-18(26(35)31-39(2)37)16-33-25(34)15-24(32(27(33)36)17-19-3-5-20(28)6-4-19)30-21-7-9-22(10-8-21)38-23-11-13-29-14-12-23/h3-15,18,27,30,36H,16-17H2,1-2H3,(H,31,35)/t18-,27?,39?/m0/s1. The molecule has 1 aliphatic heterocycles. The number of amides is 2. The molecular weight excluding hydrogens is 542 g/mol. The topological polar surface area (TPSA) is 130 Å². The molecule has 1 aromatic heterocycles. The number of ether oxygens (including phenoxy) is 1. The summed E-state index contributed by atoms with van der Waals surface area (Å²) in [5.41, 5.74) is 1.50. The minimum Gasteiger partial charge on any atom is -0.593 e. The van der Waals surface area contributed by atoms with E-state index in [1.807, 2.05) is 12.1 Å². The van der Waals surface area contributed by atoms with Crippen LogP contribution in [0, 0.1) is 5.92 Å². The summed E-state index contributed by atoms with van der Waals surface area (Å²) in [7, 11) is 0. The number of nitrogens with one attached hydrogen (secondary N) is 2. The zero-order chi connectivity index (χ0) is 27.9. The van der Waals surface area contributed by atoms with E-state index in [0.717, 1.165) is 5.56 Å². The molecule has 1 aliphatic rings. The van der Waals surface area contributed by atoms with Crippen molar-refractivity contribution in [2.45, 2.75) is 19.8 Å². The SMILES string of the molecule is C[C@@H](CN1C(=O)C=C(Nc2ccc(Oc3ccncc3)cc2)N(Cc2ccc(Cl)cc2)C1O)C(=O)N[S+](C)[O-]. The fraction of sp³-hybridized carbons (Fsp3) is 0.222. The van der Waals surface area contributed by atoms with Crippen LogP contribution in [0.1, 0.15) is 12.5 Å². The summed E-state index contributed by atoms with van der Waals surface area (Å²) < 4.78 is 19.5. The molecule has 0 fully saturated rings. The Balaban J connectivity index is 1.55. The van der Waals surface area contributed by atoms with Crippen molar-refractivity contribution < 1.29 is 24.0 Å². The molecule has 0 spiro atoms. The lowest BCUT2D eigenvalue weighted by Crippen LogP contribution is -2.56. The molecule has 2 unspecified atom stereocenters. The number of hydrogen-bond donors (Lipinski definition) is 3. The van der Waals surface area contributed by atoms with Crippen LogP contribution in [0.3, 0.4) is 0 Å². The quantitative estimate of drug-likeness (QED) is 0.317. The van der Waals surface area contributed by atoms with Crippen LogP contribution in [0.25, 0.3) is 0 Å². The Morgan fingerprint density at radius 1 is 1.10 bits per heavy atom. The van der Waals surface area contributed by atoms with E-state index < -0.39 is 35.4 Å².